The van der Waals surface area contributed by atoms with Crippen molar-refractivity contribution in [1.82, 2.24) is 9.97 Å². The molecule has 1 aliphatic rings. The number of ether oxygens (including phenoxy) is 1. The fourth-order valence-electron chi connectivity index (χ4n) is 1.70. The van der Waals surface area contributed by atoms with Gasteiger partial charge < -0.3 is 15.4 Å². The highest BCUT2D eigenvalue weighted by Gasteiger charge is 2.28. The molecule has 1 aromatic rings. The maximum Gasteiger partial charge on any atom is 0.227 e. The van der Waals surface area contributed by atoms with Gasteiger partial charge >= 0.3 is 0 Å². The van der Waals surface area contributed by atoms with E-state index in [4.69, 9.17) is 10.5 Å². The molecule has 1 saturated heterocycles. The van der Waals surface area contributed by atoms with Crippen molar-refractivity contribution < 1.29 is 4.74 Å². The first kappa shape index (κ1) is 10.2. The van der Waals surface area contributed by atoms with Gasteiger partial charge in [-0.3, -0.25) is 0 Å². The van der Waals surface area contributed by atoms with Crippen LogP contribution in [0.1, 0.15) is 13.8 Å². The largest absolute Gasteiger partial charge is 0.384 e. The van der Waals surface area contributed by atoms with Crippen LogP contribution in [0, 0.1) is 0 Å². The molecule has 0 spiro atoms. The van der Waals surface area contributed by atoms with Crippen LogP contribution in [-0.2, 0) is 4.74 Å². The number of nitrogen functional groups attached to an aromatic ring is 1. The topological polar surface area (TPSA) is 64.3 Å². The standard InChI is InChI=1S/C10H16N4O/c1-10(2)7-14(5-6-15-10)9-12-4-3-8(11)13-9/h3-4H,5-7H2,1-2H3,(H2,11,12,13). The summed E-state index contributed by atoms with van der Waals surface area (Å²) in [5, 5.41) is 0. The normalized spacial score (nSPS) is 20.3. The Labute approximate surface area is 89.3 Å². The van der Waals surface area contributed by atoms with Crippen LogP contribution in [-0.4, -0.2) is 35.3 Å². The Bertz CT molecular complexity index is 353. The molecular formula is C10H16N4O. The number of rotatable bonds is 1. The number of aromatic nitrogens is 2. The molecule has 2 N–H and O–H groups in total. The zero-order valence-corrected chi connectivity index (χ0v) is 9.10. The first-order valence-corrected chi connectivity index (χ1v) is 5.04. The fourth-order valence-corrected chi connectivity index (χ4v) is 1.70. The minimum absolute atomic E-state index is 0.147. The van der Waals surface area contributed by atoms with Crippen LogP contribution in [0.4, 0.5) is 11.8 Å². The number of hydrogen-bond acceptors (Lipinski definition) is 5. The first-order valence-electron chi connectivity index (χ1n) is 5.04. The second-order valence-corrected chi connectivity index (χ2v) is 4.31. The van der Waals surface area contributed by atoms with E-state index in [0.29, 0.717) is 18.4 Å². The fraction of sp³-hybridized carbons (Fsp3) is 0.600. The van der Waals surface area contributed by atoms with Gasteiger partial charge in [0.25, 0.3) is 0 Å². The van der Waals surface area contributed by atoms with Gasteiger partial charge in [0.2, 0.25) is 5.95 Å². The highest BCUT2D eigenvalue weighted by atomic mass is 16.5. The molecular weight excluding hydrogens is 192 g/mol. The lowest BCUT2D eigenvalue weighted by Gasteiger charge is -2.38. The predicted octanol–water partition coefficient (Wildman–Crippen LogP) is 0.674. The van der Waals surface area contributed by atoms with Crippen LogP contribution in [0.15, 0.2) is 12.3 Å². The molecule has 0 saturated carbocycles. The van der Waals surface area contributed by atoms with E-state index in [1.54, 1.807) is 12.3 Å². The molecule has 1 fully saturated rings. The molecule has 0 bridgehead atoms. The van der Waals surface area contributed by atoms with Crippen molar-refractivity contribution in [2.45, 2.75) is 19.4 Å². The Balaban J connectivity index is 2.17. The van der Waals surface area contributed by atoms with E-state index in [-0.39, 0.29) is 5.60 Å². The van der Waals surface area contributed by atoms with Crippen molar-refractivity contribution >= 4 is 11.8 Å². The Morgan fingerprint density at radius 1 is 1.53 bits per heavy atom. The van der Waals surface area contributed by atoms with Crippen molar-refractivity contribution in [1.29, 1.82) is 0 Å². The summed E-state index contributed by atoms with van der Waals surface area (Å²) >= 11 is 0. The Morgan fingerprint density at radius 3 is 3.00 bits per heavy atom. The summed E-state index contributed by atoms with van der Waals surface area (Å²) in [5.41, 5.74) is 5.48. The highest BCUT2D eigenvalue weighted by Crippen LogP contribution is 2.20. The molecule has 0 atom stereocenters. The third-order valence-electron chi connectivity index (χ3n) is 2.37. The molecule has 5 heteroatoms. The summed E-state index contributed by atoms with van der Waals surface area (Å²) < 4.78 is 5.62. The summed E-state index contributed by atoms with van der Waals surface area (Å²) in [5.74, 6) is 1.19. The molecule has 82 valence electrons. The van der Waals surface area contributed by atoms with E-state index in [2.05, 4.69) is 28.7 Å². The average Bonchev–Trinajstić information content (AvgIpc) is 2.16. The van der Waals surface area contributed by atoms with Crippen molar-refractivity contribution in [3.8, 4) is 0 Å². The first-order chi connectivity index (χ1) is 7.07. The molecule has 0 radical (unpaired) electrons. The number of anilines is 2. The van der Waals surface area contributed by atoms with Crippen molar-refractivity contribution in [2.24, 2.45) is 0 Å². The number of morpholine rings is 1. The van der Waals surface area contributed by atoms with E-state index in [0.717, 1.165) is 13.1 Å². The summed E-state index contributed by atoms with van der Waals surface area (Å²) in [4.78, 5) is 10.5. The van der Waals surface area contributed by atoms with Crippen LogP contribution >= 0.6 is 0 Å². The van der Waals surface area contributed by atoms with E-state index in [1.807, 2.05) is 0 Å². The molecule has 0 aliphatic carbocycles. The van der Waals surface area contributed by atoms with Crippen LogP contribution in [0.3, 0.4) is 0 Å². The van der Waals surface area contributed by atoms with E-state index >= 15 is 0 Å². The lowest BCUT2D eigenvalue weighted by atomic mass is 10.1. The van der Waals surface area contributed by atoms with Crippen LogP contribution in [0.5, 0.6) is 0 Å². The summed E-state index contributed by atoms with van der Waals surface area (Å²) in [6.07, 6.45) is 1.68. The average molecular weight is 208 g/mol. The third-order valence-corrected chi connectivity index (χ3v) is 2.37. The Kier molecular flexibility index (Phi) is 2.48. The molecule has 2 rings (SSSR count). The van der Waals surface area contributed by atoms with Gasteiger partial charge in [-0.1, -0.05) is 0 Å². The molecule has 0 unspecified atom stereocenters. The molecule has 5 nitrogen and oxygen atoms in total. The Morgan fingerprint density at radius 2 is 2.33 bits per heavy atom. The number of nitrogens with two attached hydrogens (primary N) is 1. The zero-order valence-electron chi connectivity index (χ0n) is 9.10. The van der Waals surface area contributed by atoms with Gasteiger partial charge in [-0.05, 0) is 19.9 Å². The van der Waals surface area contributed by atoms with E-state index in [9.17, 15) is 0 Å². The summed E-state index contributed by atoms with van der Waals surface area (Å²) in [6, 6.07) is 1.69. The van der Waals surface area contributed by atoms with Crippen molar-refractivity contribution in [3.05, 3.63) is 12.3 Å². The molecule has 0 amide bonds. The molecule has 2 heterocycles. The maximum absolute atomic E-state index is 5.62. The molecule has 1 aromatic heterocycles. The number of nitrogens with zero attached hydrogens (tertiary/aromatic N) is 3. The minimum Gasteiger partial charge on any atom is -0.384 e. The van der Waals surface area contributed by atoms with Crippen molar-refractivity contribution in [3.63, 3.8) is 0 Å². The van der Waals surface area contributed by atoms with Gasteiger partial charge in [0.1, 0.15) is 5.82 Å². The minimum atomic E-state index is -0.147. The van der Waals surface area contributed by atoms with Gasteiger partial charge in [-0.15, -0.1) is 0 Å². The van der Waals surface area contributed by atoms with Gasteiger partial charge in [-0.2, -0.15) is 4.98 Å². The smallest absolute Gasteiger partial charge is 0.227 e. The van der Waals surface area contributed by atoms with E-state index in [1.165, 1.54) is 0 Å². The predicted molar refractivity (Wildman–Crippen MR) is 58.7 cm³/mol. The zero-order chi connectivity index (χ0) is 10.9. The molecule has 15 heavy (non-hydrogen) atoms. The van der Waals surface area contributed by atoms with E-state index < -0.39 is 0 Å². The lowest BCUT2D eigenvalue weighted by molar-refractivity contribution is -0.0281. The van der Waals surface area contributed by atoms with Gasteiger partial charge in [-0.25, -0.2) is 4.98 Å². The van der Waals surface area contributed by atoms with Crippen LogP contribution in [0.25, 0.3) is 0 Å². The second kappa shape index (κ2) is 3.66. The quantitative estimate of drug-likeness (QED) is 0.735. The second-order valence-electron chi connectivity index (χ2n) is 4.31. The van der Waals surface area contributed by atoms with Gasteiger partial charge in [0, 0.05) is 19.3 Å². The molecule has 1 aliphatic heterocycles. The lowest BCUT2D eigenvalue weighted by Crippen LogP contribution is -2.49. The molecule has 0 aromatic carbocycles. The van der Waals surface area contributed by atoms with Gasteiger partial charge in [0.05, 0.1) is 12.2 Å². The summed E-state index contributed by atoms with van der Waals surface area (Å²) in [7, 11) is 0. The third kappa shape index (κ3) is 2.36. The summed E-state index contributed by atoms with van der Waals surface area (Å²) in [6.45, 7) is 6.42. The van der Waals surface area contributed by atoms with Gasteiger partial charge in [0.15, 0.2) is 0 Å². The SMILES string of the molecule is CC1(C)CN(c2nccc(N)n2)CCO1. The Hall–Kier alpha value is -1.36. The number of hydrogen-bond donors (Lipinski definition) is 1. The maximum atomic E-state index is 5.62. The van der Waals surface area contributed by atoms with Crippen molar-refractivity contribution in [2.75, 3.05) is 30.3 Å². The van der Waals surface area contributed by atoms with Crippen LogP contribution < -0.4 is 10.6 Å². The monoisotopic (exact) mass is 208 g/mol. The van der Waals surface area contributed by atoms with Crippen LogP contribution in [0.2, 0.25) is 0 Å². The highest BCUT2D eigenvalue weighted by molar-refractivity contribution is 5.38.